The minimum absolute atomic E-state index is 0.0381. The first-order valence-corrected chi connectivity index (χ1v) is 11.4. The highest BCUT2D eigenvalue weighted by molar-refractivity contribution is 5.78. The number of rotatable bonds is 5. The van der Waals surface area contributed by atoms with Gasteiger partial charge in [-0.25, -0.2) is 0 Å². The third-order valence-electron chi connectivity index (χ3n) is 8.74. The van der Waals surface area contributed by atoms with E-state index in [1.54, 1.807) is 0 Å². The van der Waals surface area contributed by atoms with Crippen molar-refractivity contribution >= 4 is 5.91 Å². The molecule has 0 spiro atoms. The second kappa shape index (κ2) is 7.31. The van der Waals surface area contributed by atoms with Gasteiger partial charge in [-0.2, -0.15) is 0 Å². The highest BCUT2D eigenvalue weighted by atomic mass is 16.2. The van der Waals surface area contributed by atoms with E-state index in [0.29, 0.717) is 30.7 Å². The van der Waals surface area contributed by atoms with Crippen molar-refractivity contribution in [3.8, 4) is 0 Å². The maximum atomic E-state index is 13.5. The molecule has 0 heterocycles. The van der Waals surface area contributed by atoms with E-state index in [2.05, 4.69) is 61.5 Å². The van der Waals surface area contributed by atoms with Crippen LogP contribution in [0.25, 0.3) is 0 Å². The van der Waals surface area contributed by atoms with Crippen LogP contribution in [-0.2, 0) is 16.8 Å². The lowest BCUT2D eigenvalue weighted by atomic mass is 9.41. The molecule has 0 aromatic heterocycles. The number of hydrogen-bond donors (Lipinski definition) is 0. The van der Waals surface area contributed by atoms with Gasteiger partial charge < -0.3 is 4.90 Å². The van der Waals surface area contributed by atoms with Gasteiger partial charge in [0.15, 0.2) is 0 Å². The molecule has 0 unspecified atom stereocenters. The molecule has 2 heteroatoms. The molecule has 4 aliphatic carbocycles. The van der Waals surface area contributed by atoms with E-state index in [1.165, 1.54) is 36.8 Å². The van der Waals surface area contributed by atoms with E-state index >= 15 is 0 Å². The Morgan fingerprint density at radius 1 is 0.897 bits per heavy atom. The van der Waals surface area contributed by atoms with Crippen LogP contribution in [0.2, 0.25) is 0 Å². The summed E-state index contributed by atoms with van der Waals surface area (Å²) < 4.78 is 0. The third kappa shape index (κ3) is 3.12. The first-order chi connectivity index (χ1) is 14.1. The van der Waals surface area contributed by atoms with Gasteiger partial charge in [0, 0.05) is 25.4 Å². The van der Waals surface area contributed by atoms with Gasteiger partial charge in [-0.1, -0.05) is 67.6 Å². The fourth-order valence-corrected chi connectivity index (χ4v) is 7.21. The Morgan fingerprint density at radius 3 is 1.97 bits per heavy atom. The Labute approximate surface area is 175 Å². The zero-order valence-electron chi connectivity index (χ0n) is 17.8. The topological polar surface area (TPSA) is 20.3 Å². The van der Waals surface area contributed by atoms with E-state index in [4.69, 9.17) is 0 Å². The lowest BCUT2D eigenvalue weighted by Crippen LogP contribution is -2.59. The van der Waals surface area contributed by atoms with Gasteiger partial charge >= 0.3 is 0 Å². The van der Waals surface area contributed by atoms with Crippen molar-refractivity contribution in [2.24, 2.45) is 29.6 Å². The SMILES string of the molecule is CC1C2CC3CC1CC(C2)C3(CC(=O)N(C)Cc1ccccc1)c1ccccc1. The van der Waals surface area contributed by atoms with Crippen molar-refractivity contribution in [1.82, 2.24) is 4.90 Å². The maximum Gasteiger partial charge on any atom is 0.223 e. The second-order valence-corrected chi connectivity index (χ2v) is 10.0. The van der Waals surface area contributed by atoms with Crippen LogP contribution in [-0.4, -0.2) is 17.9 Å². The second-order valence-electron chi connectivity index (χ2n) is 10.0. The summed E-state index contributed by atoms with van der Waals surface area (Å²) in [5, 5.41) is 0. The fourth-order valence-electron chi connectivity index (χ4n) is 7.21. The van der Waals surface area contributed by atoms with Crippen LogP contribution in [0.1, 0.15) is 50.2 Å². The highest BCUT2D eigenvalue weighted by Crippen LogP contribution is 2.65. The van der Waals surface area contributed by atoms with E-state index < -0.39 is 0 Å². The zero-order chi connectivity index (χ0) is 20.0. The molecule has 0 atom stereocenters. The number of benzene rings is 2. The summed E-state index contributed by atoms with van der Waals surface area (Å²) in [6.07, 6.45) is 5.94. The monoisotopic (exact) mass is 387 g/mol. The molecule has 4 fully saturated rings. The molecule has 0 aliphatic heterocycles. The minimum atomic E-state index is 0.0381. The predicted octanol–water partition coefficient (Wildman–Crippen LogP) is 5.68. The zero-order valence-corrected chi connectivity index (χ0v) is 17.8. The molecule has 152 valence electrons. The van der Waals surface area contributed by atoms with Gasteiger partial charge in [-0.05, 0) is 66.4 Å². The average Bonchev–Trinajstić information content (AvgIpc) is 2.73. The lowest BCUT2D eigenvalue weighted by molar-refractivity contribution is -0.141. The predicted molar refractivity (Wildman–Crippen MR) is 117 cm³/mol. The van der Waals surface area contributed by atoms with Crippen molar-refractivity contribution in [2.75, 3.05) is 7.05 Å². The van der Waals surface area contributed by atoms with Crippen molar-refractivity contribution < 1.29 is 4.79 Å². The fraction of sp³-hybridized carbons (Fsp3) is 0.519. The van der Waals surface area contributed by atoms with Gasteiger partial charge in [0.25, 0.3) is 0 Å². The molecule has 2 aromatic rings. The molecule has 2 nitrogen and oxygen atoms in total. The molecule has 2 aromatic carbocycles. The largest absolute Gasteiger partial charge is 0.341 e. The summed E-state index contributed by atoms with van der Waals surface area (Å²) in [4.78, 5) is 15.5. The molecule has 29 heavy (non-hydrogen) atoms. The van der Waals surface area contributed by atoms with Crippen molar-refractivity contribution in [3.63, 3.8) is 0 Å². The minimum Gasteiger partial charge on any atom is -0.341 e. The number of carbonyl (C=O) groups is 1. The first-order valence-electron chi connectivity index (χ1n) is 11.4. The molecule has 0 saturated heterocycles. The van der Waals surface area contributed by atoms with Crippen LogP contribution in [0, 0.1) is 29.6 Å². The molecule has 1 amide bonds. The standard InChI is InChI=1S/C27H33NO/c1-19-21-13-24-15-22(19)16-25(14-21)27(24,23-11-7-4-8-12-23)17-26(29)28(2)18-20-9-5-3-6-10-20/h3-12,19,21-22,24-25H,13-18H2,1-2H3. The van der Waals surface area contributed by atoms with E-state index in [9.17, 15) is 4.79 Å². The molecule has 0 radical (unpaired) electrons. The average molecular weight is 388 g/mol. The normalized spacial score (nSPS) is 34.9. The van der Waals surface area contributed by atoms with Crippen LogP contribution in [0.15, 0.2) is 60.7 Å². The van der Waals surface area contributed by atoms with Crippen LogP contribution >= 0.6 is 0 Å². The Bertz CT molecular complexity index is 829. The van der Waals surface area contributed by atoms with Crippen LogP contribution in [0.5, 0.6) is 0 Å². The van der Waals surface area contributed by atoms with Gasteiger partial charge in [-0.15, -0.1) is 0 Å². The first kappa shape index (κ1) is 18.9. The van der Waals surface area contributed by atoms with E-state index in [-0.39, 0.29) is 5.41 Å². The molecule has 4 bridgehead atoms. The summed E-state index contributed by atoms with van der Waals surface area (Å²) in [6, 6.07) is 21.4. The number of carbonyl (C=O) groups excluding carboxylic acids is 1. The Morgan fingerprint density at radius 2 is 1.41 bits per heavy atom. The molecule has 6 rings (SSSR count). The summed E-state index contributed by atoms with van der Waals surface area (Å²) in [6.45, 7) is 3.18. The van der Waals surface area contributed by atoms with Gasteiger partial charge in [-0.3, -0.25) is 4.79 Å². The third-order valence-corrected chi connectivity index (χ3v) is 8.74. The van der Waals surface area contributed by atoms with Crippen LogP contribution in [0.4, 0.5) is 0 Å². The summed E-state index contributed by atoms with van der Waals surface area (Å²) in [5.74, 6) is 4.28. The summed E-state index contributed by atoms with van der Waals surface area (Å²) in [5.41, 5.74) is 2.66. The maximum absolute atomic E-state index is 13.5. The van der Waals surface area contributed by atoms with Gasteiger partial charge in [0.05, 0.1) is 0 Å². The Balaban J connectivity index is 1.44. The molecular formula is C27H33NO. The number of nitrogens with zero attached hydrogens (tertiary/aromatic N) is 1. The molecule has 4 aliphatic rings. The van der Waals surface area contributed by atoms with Crippen molar-refractivity contribution in [2.45, 2.75) is 51.0 Å². The molecular weight excluding hydrogens is 354 g/mol. The Kier molecular flexibility index (Phi) is 4.76. The Hall–Kier alpha value is -2.09. The van der Waals surface area contributed by atoms with Gasteiger partial charge in [0.2, 0.25) is 5.91 Å². The number of amides is 1. The van der Waals surface area contributed by atoms with Gasteiger partial charge in [0.1, 0.15) is 0 Å². The smallest absolute Gasteiger partial charge is 0.223 e. The highest BCUT2D eigenvalue weighted by Gasteiger charge is 2.60. The number of hydrogen-bond acceptors (Lipinski definition) is 1. The summed E-state index contributed by atoms with van der Waals surface area (Å²) >= 11 is 0. The quantitative estimate of drug-likeness (QED) is 0.647. The van der Waals surface area contributed by atoms with E-state index in [0.717, 1.165) is 17.8 Å². The molecule has 0 N–H and O–H groups in total. The van der Waals surface area contributed by atoms with Crippen LogP contribution in [0.3, 0.4) is 0 Å². The van der Waals surface area contributed by atoms with Crippen molar-refractivity contribution in [1.29, 1.82) is 0 Å². The summed E-state index contributed by atoms with van der Waals surface area (Å²) in [7, 11) is 1.98. The molecule has 4 saturated carbocycles. The van der Waals surface area contributed by atoms with E-state index in [1.807, 2.05) is 18.0 Å². The lowest BCUT2D eigenvalue weighted by Gasteiger charge is -2.63. The van der Waals surface area contributed by atoms with Crippen LogP contribution < -0.4 is 0 Å². The van der Waals surface area contributed by atoms with Crippen molar-refractivity contribution in [3.05, 3.63) is 71.8 Å².